The number of alkyl halides is 1. The van der Waals surface area contributed by atoms with Gasteiger partial charge in [0, 0.05) is 23.0 Å². The largest absolute Gasteiger partial charge is 0.487 e. The Kier molecular flexibility index (Phi) is 4.23. The smallest absolute Gasteiger partial charge is 0.132 e. The maximum absolute atomic E-state index is 5.69. The lowest BCUT2D eigenvalue weighted by Crippen LogP contribution is -1.98. The summed E-state index contributed by atoms with van der Waals surface area (Å²) in [5.41, 5.74) is 2.10. The second-order valence-corrected chi connectivity index (χ2v) is 5.07. The molecule has 90 valence electrons. The van der Waals surface area contributed by atoms with E-state index in [0.29, 0.717) is 6.61 Å². The molecule has 3 nitrogen and oxygen atoms in total. The fourth-order valence-corrected chi connectivity index (χ4v) is 2.67. The minimum absolute atomic E-state index is 0.490. The van der Waals surface area contributed by atoms with E-state index < -0.39 is 0 Å². The van der Waals surface area contributed by atoms with E-state index in [0.717, 1.165) is 21.2 Å². The highest BCUT2D eigenvalue weighted by molar-refractivity contribution is 9.10. The third-order valence-electron chi connectivity index (χ3n) is 2.32. The standard InChI is InChI=1S/C12H12Br2N2O/c1-16-5-4-10(15-16)8-17-11-2-3-12(14)9(6-11)7-13/h2-6H,7-8H2,1H3. The van der Waals surface area contributed by atoms with Crippen LogP contribution in [0.25, 0.3) is 0 Å². The van der Waals surface area contributed by atoms with Crippen molar-refractivity contribution in [3.63, 3.8) is 0 Å². The van der Waals surface area contributed by atoms with Crippen molar-refractivity contribution in [3.8, 4) is 5.75 Å². The molecule has 0 unspecified atom stereocenters. The number of nitrogens with zero attached hydrogens (tertiary/aromatic N) is 2. The van der Waals surface area contributed by atoms with Crippen LogP contribution in [0.4, 0.5) is 0 Å². The Hall–Kier alpha value is -0.810. The number of aromatic nitrogens is 2. The highest BCUT2D eigenvalue weighted by atomic mass is 79.9. The first-order valence-electron chi connectivity index (χ1n) is 5.15. The molecule has 0 spiro atoms. The zero-order valence-electron chi connectivity index (χ0n) is 9.36. The van der Waals surface area contributed by atoms with Crippen LogP contribution in [-0.2, 0) is 19.0 Å². The first kappa shape index (κ1) is 12.6. The van der Waals surface area contributed by atoms with Gasteiger partial charge >= 0.3 is 0 Å². The minimum Gasteiger partial charge on any atom is -0.487 e. The molecule has 1 aromatic heterocycles. The van der Waals surface area contributed by atoms with Crippen molar-refractivity contribution in [1.82, 2.24) is 9.78 Å². The van der Waals surface area contributed by atoms with Crippen LogP contribution in [0.2, 0.25) is 0 Å². The van der Waals surface area contributed by atoms with Gasteiger partial charge in [0.1, 0.15) is 12.4 Å². The van der Waals surface area contributed by atoms with Gasteiger partial charge in [-0.15, -0.1) is 0 Å². The molecule has 0 aliphatic carbocycles. The van der Waals surface area contributed by atoms with Crippen LogP contribution in [0.3, 0.4) is 0 Å². The molecule has 0 amide bonds. The number of hydrogen-bond acceptors (Lipinski definition) is 2. The fraction of sp³-hybridized carbons (Fsp3) is 0.250. The van der Waals surface area contributed by atoms with Gasteiger partial charge in [0.05, 0.1) is 5.69 Å². The van der Waals surface area contributed by atoms with Crippen molar-refractivity contribution in [2.75, 3.05) is 0 Å². The molecule has 0 saturated carbocycles. The van der Waals surface area contributed by atoms with E-state index in [1.165, 1.54) is 5.56 Å². The first-order valence-corrected chi connectivity index (χ1v) is 7.06. The molecular formula is C12H12Br2N2O. The molecule has 17 heavy (non-hydrogen) atoms. The fourth-order valence-electron chi connectivity index (χ4n) is 1.44. The lowest BCUT2D eigenvalue weighted by Gasteiger charge is -2.07. The molecule has 0 bridgehead atoms. The van der Waals surface area contributed by atoms with Crippen molar-refractivity contribution < 1.29 is 4.74 Å². The molecule has 0 fully saturated rings. The second kappa shape index (κ2) is 5.69. The van der Waals surface area contributed by atoms with E-state index >= 15 is 0 Å². The summed E-state index contributed by atoms with van der Waals surface area (Å²) in [5.74, 6) is 0.855. The molecule has 5 heteroatoms. The lowest BCUT2D eigenvalue weighted by molar-refractivity contribution is 0.300. The van der Waals surface area contributed by atoms with Crippen LogP contribution in [0, 0.1) is 0 Å². The molecule has 0 aliphatic heterocycles. The molecule has 0 radical (unpaired) electrons. The zero-order chi connectivity index (χ0) is 12.3. The number of hydrogen-bond donors (Lipinski definition) is 0. The van der Waals surface area contributed by atoms with Gasteiger partial charge in [-0.05, 0) is 29.8 Å². The highest BCUT2D eigenvalue weighted by Crippen LogP contribution is 2.24. The molecule has 1 heterocycles. The summed E-state index contributed by atoms with van der Waals surface area (Å²) in [6, 6.07) is 7.90. The van der Waals surface area contributed by atoms with Crippen LogP contribution < -0.4 is 4.74 Å². The molecule has 1 aromatic carbocycles. The Morgan fingerprint density at radius 3 is 2.82 bits per heavy atom. The van der Waals surface area contributed by atoms with Gasteiger partial charge in [-0.2, -0.15) is 5.10 Å². The Bertz CT molecular complexity index is 511. The monoisotopic (exact) mass is 358 g/mol. The van der Waals surface area contributed by atoms with Crippen LogP contribution in [0.1, 0.15) is 11.3 Å². The maximum Gasteiger partial charge on any atom is 0.132 e. The van der Waals surface area contributed by atoms with E-state index in [9.17, 15) is 0 Å². The van der Waals surface area contributed by atoms with Gasteiger partial charge in [0.25, 0.3) is 0 Å². The predicted molar refractivity (Wildman–Crippen MR) is 74.3 cm³/mol. The van der Waals surface area contributed by atoms with Crippen molar-refractivity contribution in [1.29, 1.82) is 0 Å². The summed E-state index contributed by atoms with van der Waals surface area (Å²) in [6.45, 7) is 0.490. The molecule has 0 atom stereocenters. The number of benzene rings is 1. The Labute approximate surface area is 117 Å². The summed E-state index contributed by atoms with van der Waals surface area (Å²) >= 11 is 6.93. The van der Waals surface area contributed by atoms with Gasteiger partial charge in [0.15, 0.2) is 0 Å². The molecular weight excluding hydrogens is 348 g/mol. The summed E-state index contributed by atoms with van der Waals surface area (Å²) < 4.78 is 8.54. The number of halogens is 2. The van der Waals surface area contributed by atoms with Crippen molar-refractivity contribution >= 4 is 31.9 Å². The predicted octanol–water partition coefficient (Wildman–Crippen LogP) is 3.66. The average molecular weight is 360 g/mol. The normalized spacial score (nSPS) is 10.5. The van der Waals surface area contributed by atoms with E-state index in [4.69, 9.17) is 4.74 Å². The van der Waals surface area contributed by atoms with E-state index in [-0.39, 0.29) is 0 Å². The average Bonchev–Trinajstić information content (AvgIpc) is 2.74. The van der Waals surface area contributed by atoms with Crippen LogP contribution in [0.15, 0.2) is 34.9 Å². The summed E-state index contributed by atoms with van der Waals surface area (Å²) in [5, 5.41) is 5.06. The summed E-state index contributed by atoms with van der Waals surface area (Å²) in [4.78, 5) is 0. The number of rotatable bonds is 4. The van der Waals surface area contributed by atoms with Gasteiger partial charge < -0.3 is 4.74 Å². The Morgan fingerprint density at radius 2 is 2.18 bits per heavy atom. The van der Waals surface area contributed by atoms with Gasteiger partial charge in [-0.3, -0.25) is 4.68 Å². The van der Waals surface area contributed by atoms with Gasteiger partial charge in [-0.1, -0.05) is 31.9 Å². The van der Waals surface area contributed by atoms with Crippen molar-refractivity contribution in [2.45, 2.75) is 11.9 Å². The number of ether oxygens (including phenoxy) is 1. The molecule has 0 saturated heterocycles. The van der Waals surface area contributed by atoms with Gasteiger partial charge in [0.2, 0.25) is 0 Å². The van der Waals surface area contributed by atoms with E-state index in [1.807, 2.05) is 37.5 Å². The highest BCUT2D eigenvalue weighted by Gasteiger charge is 2.03. The topological polar surface area (TPSA) is 27.1 Å². The quantitative estimate of drug-likeness (QED) is 0.779. The minimum atomic E-state index is 0.490. The summed E-state index contributed by atoms with van der Waals surface area (Å²) in [7, 11) is 1.89. The molecule has 2 rings (SSSR count). The summed E-state index contributed by atoms with van der Waals surface area (Å²) in [6.07, 6.45) is 1.91. The van der Waals surface area contributed by atoms with Crippen molar-refractivity contribution in [2.24, 2.45) is 7.05 Å². The van der Waals surface area contributed by atoms with E-state index in [2.05, 4.69) is 37.0 Å². The molecule has 0 aliphatic rings. The second-order valence-electron chi connectivity index (χ2n) is 3.66. The zero-order valence-corrected chi connectivity index (χ0v) is 12.5. The first-order chi connectivity index (χ1) is 8.19. The Morgan fingerprint density at radius 1 is 1.35 bits per heavy atom. The van der Waals surface area contributed by atoms with E-state index in [1.54, 1.807) is 4.68 Å². The Balaban J connectivity index is 2.04. The maximum atomic E-state index is 5.69. The SMILES string of the molecule is Cn1ccc(COc2ccc(Br)c(CBr)c2)n1. The third kappa shape index (κ3) is 3.33. The number of aryl methyl sites for hydroxylation is 1. The molecule has 0 N–H and O–H groups in total. The van der Waals surface area contributed by atoms with Crippen LogP contribution in [-0.4, -0.2) is 9.78 Å². The van der Waals surface area contributed by atoms with Crippen molar-refractivity contribution in [3.05, 3.63) is 46.2 Å². The van der Waals surface area contributed by atoms with Crippen LogP contribution >= 0.6 is 31.9 Å². The van der Waals surface area contributed by atoms with Gasteiger partial charge in [-0.25, -0.2) is 0 Å². The third-order valence-corrected chi connectivity index (χ3v) is 3.69. The molecule has 2 aromatic rings. The lowest BCUT2D eigenvalue weighted by atomic mass is 10.2. The van der Waals surface area contributed by atoms with Crippen LogP contribution in [0.5, 0.6) is 5.75 Å².